The van der Waals surface area contributed by atoms with Gasteiger partial charge in [0, 0.05) is 21.9 Å². The van der Waals surface area contributed by atoms with E-state index in [1.54, 1.807) is 0 Å². The van der Waals surface area contributed by atoms with Gasteiger partial charge < -0.3 is 4.42 Å². The van der Waals surface area contributed by atoms with Crippen molar-refractivity contribution in [3.8, 4) is 55.6 Å². The molecule has 0 saturated carbocycles. The van der Waals surface area contributed by atoms with E-state index in [2.05, 4.69) is 194 Å². The van der Waals surface area contributed by atoms with Crippen LogP contribution in [0.1, 0.15) is 0 Å². The minimum Gasteiger partial charge on any atom is -0.455 e. The van der Waals surface area contributed by atoms with E-state index in [0.29, 0.717) is 0 Å². The van der Waals surface area contributed by atoms with Crippen LogP contribution in [0.3, 0.4) is 0 Å². The summed E-state index contributed by atoms with van der Waals surface area (Å²) in [5.41, 5.74) is 13.6. The summed E-state index contributed by atoms with van der Waals surface area (Å²) in [7, 11) is 0. The van der Waals surface area contributed by atoms with E-state index in [9.17, 15) is 0 Å². The SMILES string of the molecule is c1ccc(-c2c3ccccc3c(-c3ccccc3)c3cc(-c4cccc(-c5cccc6c5oc5c(-c7ccccc7)cccc56)c4)ccc23)cc1. The normalized spacial score (nSPS) is 11.5. The molecule has 0 unspecified atom stereocenters. The average Bonchev–Trinajstić information content (AvgIpc) is 3.60. The third-order valence-corrected chi connectivity index (χ3v) is 10.3. The van der Waals surface area contributed by atoms with Crippen molar-refractivity contribution in [3.63, 3.8) is 0 Å². The van der Waals surface area contributed by atoms with Crippen molar-refractivity contribution in [3.05, 3.63) is 194 Å². The number of benzene rings is 9. The highest BCUT2D eigenvalue weighted by atomic mass is 16.3. The molecule has 1 aromatic heterocycles. The summed E-state index contributed by atoms with van der Waals surface area (Å²) < 4.78 is 6.79. The molecular formula is C50H32O. The van der Waals surface area contributed by atoms with Crippen LogP contribution in [0.4, 0.5) is 0 Å². The monoisotopic (exact) mass is 648 g/mol. The third-order valence-electron chi connectivity index (χ3n) is 10.3. The molecule has 0 bridgehead atoms. The second-order valence-corrected chi connectivity index (χ2v) is 13.2. The van der Waals surface area contributed by atoms with Crippen LogP contribution in [0.2, 0.25) is 0 Å². The first-order valence-electron chi connectivity index (χ1n) is 17.5. The van der Waals surface area contributed by atoms with Crippen LogP contribution in [0, 0.1) is 0 Å². The molecule has 0 spiro atoms. The van der Waals surface area contributed by atoms with Crippen molar-refractivity contribution in [2.45, 2.75) is 0 Å². The van der Waals surface area contributed by atoms with Crippen LogP contribution in [-0.4, -0.2) is 0 Å². The number of fused-ring (bicyclic) bond motifs is 5. The molecule has 0 saturated heterocycles. The Kier molecular flexibility index (Phi) is 6.89. The van der Waals surface area contributed by atoms with E-state index >= 15 is 0 Å². The molecule has 0 N–H and O–H groups in total. The van der Waals surface area contributed by atoms with Gasteiger partial charge in [-0.2, -0.15) is 0 Å². The van der Waals surface area contributed by atoms with Crippen LogP contribution >= 0.6 is 0 Å². The van der Waals surface area contributed by atoms with Crippen molar-refractivity contribution in [1.82, 2.24) is 0 Å². The Bertz CT molecular complexity index is 2880. The largest absolute Gasteiger partial charge is 0.455 e. The third kappa shape index (κ3) is 4.86. The Morgan fingerprint density at radius 2 is 0.647 bits per heavy atom. The standard InChI is InChI=1S/C50H32O/c1-4-15-33(16-5-1)39-25-13-27-44-45-28-14-26-40(50(45)51-49(39)44)38-22-12-21-36(31-38)37-29-30-43-46(32-37)48(35-19-8-3-9-20-35)42-24-11-10-23-41(42)47(43)34-17-6-2-7-18-34/h1-32H. The van der Waals surface area contributed by atoms with Gasteiger partial charge >= 0.3 is 0 Å². The molecule has 1 heterocycles. The predicted octanol–water partition coefficient (Wildman–Crippen LogP) is 14.2. The van der Waals surface area contributed by atoms with Crippen molar-refractivity contribution in [2.75, 3.05) is 0 Å². The van der Waals surface area contributed by atoms with Gasteiger partial charge in [-0.25, -0.2) is 0 Å². The number of hydrogen-bond donors (Lipinski definition) is 0. The molecule has 0 atom stereocenters. The van der Waals surface area contributed by atoms with E-state index in [-0.39, 0.29) is 0 Å². The molecule has 10 aromatic rings. The lowest BCUT2D eigenvalue weighted by molar-refractivity contribution is 0.671. The van der Waals surface area contributed by atoms with E-state index in [0.717, 1.165) is 44.2 Å². The summed E-state index contributed by atoms with van der Waals surface area (Å²) in [6.07, 6.45) is 0. The molecule has 1 heteroatoms. The van der Waals surface area contributed by atoms with Gasteiger partial charge in [0.05, 0.1) is 0 Å². The van der Waals surface area contributed by atoms with E-state index in [1.165, 1.54) is 54.9 Å². The molecule has 0 amide bonds. The first-order chi connectivity index (χ1) is 25.3. The fourth-order valence-electron chi connectivity index (χ4n) is 7.95. The van der Waals surface area contributed by atoms with Gasteiger partial charge in [-0.15, -0.1) is 0 Å². The Balaban J connectivity index is 1.18. The van der Waals surface area contributed by atoms with Gasteiger partial charge in [-0.3, -0.25) is 0 Å². The summed E-state index contributed by atoms with van der Waals surface area (Å²) >= 11 is 0. The van der Waals surface area contributed by atoms with E-state index in [4.69, 9.17) is 4.42 Å². The molecule has 0 aliphatic rings. The number of hydrogen-bond acceptors (Lipinski definition) is 1. The van der Waals surface area contributed by atoms with Gasteiger partial charge in [-0.05, 0) is 78.2 Å². The van der Waals surface area contributed by atoms with Crippen molar-refractivity contribution in [1.29, 1.82) is 0 Å². The van der Waals surface area contributed by atoms with Crippen LogP contribution < -0.4 is 0 Å². The zero-order valence-electron chi connectivity index (χ0n) is 27.9. The first kappa shape index (κ1) is 29.2. The fraction of sp³-hybridized carbons (Fsp3) is 0. The molecule has 1 nitrogen and oxygen atoms in total. The van der Waals surface area contributed by atoms with E-state index in [1.807, 2.05) is 0 Å². The lowest BCUT2D eigenvalue weighted by Crippen LogP contribution is -1.91. The summed E-state index contributed by atoms with van der Waals surface area (Å²) in [6.45, 7) is 0. The second-order valence-electron chi connectivity index (χ2n) is 13.2. The number of furan rings is 1. The molecule has 9 aromatic carbocycles. The van der Waals surface area contributed by atoms with Gasteiger partial charge in [0.25, 0.3) is 0 Å². The van der Waals surface area contributed by atoms with Crippen LogP contribution in [-0.2, 0) is 0 Å². The smallest absolute Gasteiger partial charge is 0.143 e. The fourth-order valence-corrected chi connectivity index (χ4v) is 7.95. The molecule has 0 fully saturated rings. The van der Waals surface area contributed by atoms with Crippen LogP contribution in [0.25, 0.3) is 99.1 Å². The predicted molar refractivity (Wildman–Crippen MR) is 216 cm³/mol. The summed E-state index contributed by atoms with van der Waals surface area (Å²) in [5.74, 6) is 0. The van der Waals surface area contributed by atoms with Gasteiger partial charge in [0.15, 0.2) is 0 Å². The highest BCUT2D eigenvalue weighted by molar-refractivity contribution is 6.22. The molecular weight excluding hydrogens is 617 g/mol. The summed E-state index contributed by atoms with van der Waals surface area (Å²) in [6, 6.07) is 69.8. The van der Waals surface area contributed by atoms with Crippen LogP contribution in [0.15, 0.2) is 199 Å². The Labute approximate surface area is 296 Å². The second kappa shape index (κ2) is 12.0. The Hall–Kier alpha value is -6.70. The minimum absolute atomic E-state index is 0.914. The highest BCUT2D eigenvalue weighted by Gasteiger charge is 2.19. The first-order valence-corrected chi connectivity index (χ1v) is 17.5. The Morgan fingerprint density at radius 3 is 1.25 bits per heavy atom. The Morgan fingerprint density at radius 1 is 0.235 bits per heavy atom. The molecule has 0 aliphatic carbocycles. The van der Waals surface area contributed by atoms with Crippen molar-refractivity contribution >= 4 is 43.5 Å². The molecule has 0 aliphatic heterocycles. The topological polar surface area (TPSA) is 13.1 Å². The number of rotatable bonds is 5. The van der Waals surface area contributed by atoms with Gasteiger partial charge in [-0.1, -0.05) is 182 Å². The van der Waals surface area contributed by atoms with E-state index < -0.39 is 0 Å². The molecule has 238 valence electrons. The quantitative estimate of drug-likeness (QED) is 0.169. The lowest BCUT2D eigenvalue weighted by Gasteiger charge is -2.19. The maximum Gasteiger partial charge on any atom is 0.143 e. The maximum atomic E-state index is 6.79. The summed E-state index contributed by atoms with van der Waals surface area (Å²) in [4.78, 5) is 0. The van der Waals surface area contributed by atoms with Gasteiger partial charge in [0.2, 0.25) is 0 Å². The van der Waals surface area contributed by atoms with Crippen molar-refractivity contribution < 1.29 is 4.42 Å². The van der Waals surface area contributed by atoms with Crippen LogP contribution in [0.5, 0.6) is 0 Å². The van der Waals surface area contributed by atoms with Crippen molar-refractivity contribution in [2.24, 2.45) is 0 Å². The zero-order valence-corrected chi connectivity index (χ0v) is 27.9. The lowest BCUT2D eigenvalue weighted by atomic mass is 9.85. The molecule has 51 heavy (non-hydrogen) atoms. The summed E-state index contributed by atoms with van der Waals surface area (Å²) in [5, 5.41) is 7.28. The maximum absolute atomic E-state index is 6.79. The zero-order chi connectivity index (χ0) is 33.7. The molecule has 0 radical (unpaired) electrons. The minimum atomic E-state index is 0.914. The highest BCUT2D eigenvalue weighted by Crippen LogP contribution is 2.45. The average molecular weight is 649 g/mol. The van der Waals surface area contributed by atoms with Gasteiger partial charge in [0.1, 0.15) is 11.2 Å². The molecule has 10 rings (SSSR count). The number of para-hydroxylation sites is 2.